The number of hydrogen-bond donors (Lipinski definition) is 0. The van der Waals surface area contributed by atoms with Gasteiger partial charge in [0.25, 0.3) is 0 Å². The molecule has 0 aromatic rings. The summed E-state index contributed by atoms with van der Waals surface area (Å²) in [5.41, 5.74) is 0. The maximum atomic E-state index is 6.12. The molecular weight excluding hydrogens is 259 g/mol. The molecule has 3 aliphatic carbocycles. The van der Waals surface area contributed by atoms with Crippen molar-refractivity contribution in [1.82, 2.24) is 0 Å². The largest absolute Gasteiger partial charge is 0.344 e. The van der Waals surface area contributed by atoms with E-state index >= 15 is 0 Å². The summed E-state index contributed by atoms with van der Waals surface area (Å²) in [6, 6.07) is 0. The Kier molecular flexibility index (Phi) is 2.98. The first-order chi connectivity index (χ1) is 8.07. The molecule has 0 radical (unpaired) electrons. The van der Waals surface area contributed by atoms with E-state index in [0.29, 0.717) is 35.4 Å². The van der Waals surface area contributed by atoms with Crippen molar-refractivity contribution < 1.29 is 9.47 Å². The van der Waals surface area contributed by atoms with Gasteiger partial charge in [0, 0.05) is 23.6 Å². The summed E-state index contributed by atoms with van der Waals surface area (Å²) in [7, 11) is 0. The van der Waals surface area contributed by atoms with Crippen LogP contribution in [0.1, 0.15) is 13.8 Å². The molecule has 96 valence electrons. The van der Waals surface area contributed by atoms with E-state index in [2.05, 4.69) is 12.2 Å². The van der Waals surface area contributed by atoms with Crippen LogP contribution < -0.4 is 0 Å². The van der Waals surface area contributed by atoms with Crippen molar-refractivity contribution in [3.63, 3.8) is 0 Å². The Balaban J connectivity index is 1.93. The lowest BCUT2D eigenvalue weighted by Crippen LogP contribution is -2.54. The van der Waals surface area contributed by atoms with Crippen LogP contribution in [0.3, 0.4) is 0 Å². The minimum atomic E-state index is -0.476. The zero-order valence-corrected chi connectivity index (χ0v) is 11.6. The van der Waals surface area contributed by atoms with Gasteiger partial charge in [-0.05, 0) is 25.7 Å². The monoisotopic (exact) mass is 276 g/mol. The summed E-state index contributed by atoms with van der Waals surface area (Å²) in [5.74, 6) is 2.37. The molecular formula is C13H18Cl2O2. The Hall–Kier alpha value is 0.240. The van der Waals surface area contributed by atoms with Crippen LogP contribution in [-0.2, 0) is 9.47 Å². The average molecular weight is 277 g/mol. The lowest BCUT2D eigenvalue weighted by molar-refractivity contribution is -0.149. The maximum Gasteiger partial charge on any atom is 0.163 e. The number of halogens is 2. The second-order valence-corrected chi connectivity index (χ2v) is 6.36. The normalized spacial score (nSPS) is 50.6. The summed E-state index contributed by atoms with van der Waals surface area (Å²) >= 11 is 12.2. The van der Waals surface area contributed by atoms with Crippen molar-refractivity contribution in [3.05, 3.63) is 12.2 Å². The third-order valence-corrected chi connectivity index (χ3v) is 5.09. The molecule has 6 unspecified atom stereocenters. The number of alkyl halides is 2. The first-order valence-corrected chi connectivity index (χ1v) is 7.30. The van der Waals surface area contributed by atoms with E-state index in [1.807, 2.05) is 13.8 Å². The number of hydrogen-bond acceptors (Lipinski definition) is 2. The second kappa shape index (κ2) is 4.12. The van der Waals surface area contributed by atoms with Gasteiger partial charge < -0.3 is 9.47 Å². The van der Waals surface area contributed by atoms with Crippen molar-refractivity contribution in [2.24, 2.45) is 23.7 Å². The number of fused-ring (bicyclic) bond motifs is 1. The minimum absolute atomic E-state index is 0.156. The van der Waals surface area contributed by atoms with Crippen LogP contribution in [0.15, 0.2) is 12.2 Å². The summed E-state index contributed by atoms with van der Waals surface area (Å²) in [6.07, 6.45) is 4.82. The molecule has 4 rings (SSSR count). The molecule has 2 nitrogen and oxygen atoms in total. The third kappa shape index (κ3) is 1.76. The Morgan fingerprint density at radius 3 is 1.71 bits per heavy atom. The molecule has 1 aliphatic heterocycles. The number of ether oxygens (including phenoxy) is 2. The standard InChI is InChI=1S/C13H18Cl2O2/c1-13(2)16-11-7-3-4-8(12(11)17-13)10(6-15)9(7)5-14/h3-4,7-12H,5-6H2,1-2H3. The Morgan fingerprint density at radius 2 is 1.35 bits per heavy atom. The van der Waals surface area contributed by atoms with E-state index in [-0.39, 0.29) is 12.2 Å². The molecule has 1 saturated carbocycles. The highest BCUT2D eigenvalue weighted by atomic mass is 35.5. The van der Waals surface area contributed by atoms with Gasteiger partial charge in [-0.1, -0.05) is 12.2 Å². The Morgan fingerprint density at radius 1 is 0.941 bits per heavy atom. The minimum Gasteiger partial charge on any atom is -0.344 e. The van der Waals surface area contributed by atoms with E-state index in [1.165, 1.54) is 0 Å². The topological polar surface area (TPSA) is 18.5 Å². The Bertz CT molecular complexity index is 312. The number of rotatable bonds is 2. The van der Waals surface area contributed by atoms with Crippen molar-refractivity contribution in [3.8, 4) is 0 Å². The molecule has 4 aliphatic rings. The van der Waals surface area contributed by atoms with E-state index < -0.39 is 5.79 Å². The molecule has 4 heteroatoms. The predicted molar refractivity (Wildman–Crippen MR) is 68.4 cm³/mol. The van der Waals surface area contributed by atoms with Crippen LogP contribution in [0.4, 0.5) is 0 Å². The van der Waals surface area contributed by atoms with Crippen LogP contribution in [0.5, 0.6) is 0 Å². The van der Waals surface area contributed by atoms with E-state index in [0.717, 1.165) is 0 Å². The van der Waals surface area contributed by atoms with Gasteiger partial charge in [-0.15, -0.1) is 23.2 Å². The highest BCUT2D eigenvalue weighted by Gasteiger charge is 2.57. The van der Waals surface area contributed by atoms with Crippen molar-refractivity contribution in [2.75, 3.05) is 11.8 Å². The van der Waals surface area contributed by atoms with Crippen molar-refractivity contribution in [2.45, 2.75) is 31.8 Å². The first kappa shape index (κ1) is 12.3. The fraction of sp³-hybridized carbons (Fsp3) is 0.846. The average Bonchev–Trinajstić information content (AvgIpc) is 2.64. The molecule has 0 aromatic carbocycles. The van der Waals surface area contributed by atoms with Gasteiger partial charge in [0.15, 0.2) is 5.79 Å². The highest BCUT2D eigenvalue weighted by molar-refractivity contribution is 6.19. The first-order valence-electron chi connectivity index (χ1n) is 6.23. The zero-order valence-electron chi connectivity index (χ0n) is 10.1. The van der Waals surface area contributed by atoms with Gasteiger partial charge >= 0.3 is 0 Å². The highest BCUT2D eigenvalue weighted by Crippen LogP contribution is 2.52. The van der Waals surface area contributed by atoms with Gasteiger partial charge in [-0.2, -0.15) is 0 Å². The molecule has 6 atom stereocenters. The third-order valence-electron chi connectivity index (χ3n) is 4.37. The van der Waals surface area contributed by atoms with Crippen LogP contribution in [-0.4, -0.2) is 29.8 Å². The lowest BCUT2D eigenvalue weighted by Gasteiger charge is -2.48. The molecule has 17 heavy (non-hydrogen) atoms. The second-order valence-electron chi connectivity index (χ2n) is 5.74. The summed E-state index contributed by atoms with van der Waals surface area (Å²) in [4.78, 5) is 0. The van der Waals surface area contributed by atoms with E-state index in [4.69, 9.17) is 32.7 Å². The van der Waals surface area contributed by atoms with Crippen LogP contribution in [0, 0.1) is 23.7 Å². The summed E-state index contributed by atoms with van der Waals surface area (Å²) < 4.78 is 12.1. The lowest BCUT2D eigenvalue weighted by atomic mass is 9.61. The van der Waals surface area contributed by atoms with Crippen LogP contribution in [0.25, 0.3) is 0 Å². The van der Waals surface area contributed by atoms with Crippen LogP contribution in [0.2, 0.25) is 0 Å². The fourth-order valence-electron chi connectivity index (χ4n) is 3.67. The zero-order chi connectivity index (χ0) is 12.2. The van der Waals surface area contributed by atoms with Gasteiger partial charge in [0.1, 0.15) is 0 Å². The SMILES string of the molecule is CC1(C)OC2C3C=CC(C(CCl)C3CCl)C2O1. The predicted octanol–water partition coefficient (Wildman–Crippen LogP) is 3.03. The fourth-order valence-corrected chi connectivity index (χ4v) is 4.54. The maximum absolute atomic E-state index is 6.12. The van der Waals surface area contributed by atoms with E-state index in [9.17, 15) is 0 Å². The summed E-state index contributed by atoms with van der Waals surface area (Å²) in [6.45, 7) is 3.96. The molecule has 1 heterocycles. The molecule has 0 N–H and O–H groups in total. The van der Waals surface area contributed by atoms with Crippen molar-refractivity contribution in [1.29, 1.82) is 0 Å². The molecule has 2 bridgehead atoms. The molecule has 0 aromatic heterocycles. The van der Waals surface area contributed by atoms with Crippen molar-refractivity contribution >= 4 is 23.2 Å². The molecule has 2 fully saturated rings. The van der Waals surface area contributed by atoms with Gasteiger partial charge in [0.2, 0.25) is 0 Å². The van der Waals surface area contributed by atoms with Gasteiger partial charge in [-0.25, -0.2) is 0 Å². The molecule has 1 saturated heterocycles. The summed E-state index contributed by atoms with van der Waals surface area (Å²) in [5, 5.41) is 0. The van der Waals surface area contributed by atoms with Crippen LogP contribution >= 0.6 is 23.2 Å². The quantitative estimate of drug-likeness (QED) is 0.570. The van der Waals surface area contributed by atoms with Gasteiger partial charge in [0.05, 0.1) is 12.2 Å². The molecule has 0 spiro atoms. The van der Waals surface area contributed by atoms with Gasteiger partial charge in [-0.3, -0.25) is 0 Å². The smallest absolute Gasteiger partial charge is 0.163 e. The van der Waals surface area contributed by atoms with E-state index in [1.54, 1.807) is 0 Å². The Labute approximate surface area is 112 Å². The molecule has 0 amide bonds.